The first-order valence-corrected chi connectivity index (χ1v) is 12.5. The van der Waals surface area contributed by atoms with Crippen LogP contribution in [0.5, 0.6) is 5.75 Å². The van der Waals surface area contributed by atoms with Crippen LogP contribution in [0.3, 0.4) is 0 Å². The normalized spacial score (nSPS) is 11.8. The number of carbonyl (C=O) groups excluding carboxylic acids is 1. The van der Waals surface area contributed by atoms with Crippen LogP contribution >= 0.6 is 23.2 Å². The summed E-state index contributed by atoms with van der Waals surface area (Å²) in [6.07, 6.45) is 2.43. The number of carbonyl (C=O) groups is 1. The monoisotopic (exact) mass is 543 g/mol. The largest absolute Gasteiger partial charge is 0.452 e. The van der Waals surface area contributed by atoms with Gasteiger partial charge in [-0.1, -0.05) is 29.3 Å². The van der Waals surface area contributed by atoms with Crippen LogP contribution in [0, 0.1) is 0 Å². The van der Waals surface area contributed by atoms with Gasteiger partial charge in [0.15, 0.2) is 11.3 Å². The number of hydrogen-bond donors (Lipinski definition) is 2. The van der Waals surface area contributed by atoms with Crippen molar-refractivity contribution in [1.82, 2.24) is 4.98 Å². The molecule has 0 fully saturated rings. The van der Waals surface area contributed by atoms with Crippen molar-refractivity contribution in [3.8, 4) is 5.75 Å². The first-order chi connectivity index (χ1) is 16.6. The van der Waals surface area contributed by atoms with Crippen LogP contribution in [0.25, 0.3) is 21.9 Å². The van der Waals surface area contributed by atoms with Crippen LogP contribution in [-0.4, -0.2) is 31.7 Å². The van der Waals surface area contributed by atoms with Crippen molar-refractivity contribution in [2.24, 2.45) is 0 Å². The Bertz CT molecular complexity index is 1520. The number of alkyl halides is 2. The lowest BCUT2D eigenvalue weighted by molar-refractivity contribution is -0.115. The average Bonchev–Trinajstić information content (AvgIpc) is 3.17. The number of amides is 1. The van der Waals surface area contributed by atoms with Crippen molar-refractivity contribution < 1.29 is 31.1 Å². The third kappa shape index (κ3) is 5.42. The Labute approximate surface area is 208 Å². The molecule has 35 heavy (non-hydrogen) atoms. The molecule has 184 valence electrons. The molecule has 0 aliphatic rings. The lowest BCUT2D eigenvalue weighted by atomic mass is 10.0. The van der Waals surface area contributed by atoms with Crippen LogP contribution in [0.15, 0.2) is 47.1 Å². The second kappa shape index (κ2) is 9.84. The Hall–Kier alpha value is -3.15. The van der Waals surface area contributed by atoms with Crippen LogP contribution in [0.2, 0.25) is 10.0 Å². The van der Waals surface area contributed by atoms with Crippen molar-refractivity contribution in [1.29, 1.82) is 0 Å². The highest BCUT2D eigenvalue weighted by Crippen LogP contribution is 2.39. The van der Waals surface area contributed by atoms with Gasteiger partial charge in [-0.15, -0.1) is 0 Å². The van der Waals surface area contributed by atoms with E-state index in [0.717, 1.165) is 0 Å². The van der Waals surface area contributed by atoms with E-state index >= 15 is 0 Å². The van der Waals surface area contributed by atoms with Gasteiger partial charge >= 0.3 is 6.61 Å². The number of hydrogen-bond acceptors (Lipinski definition) is 6. The zero-order chi connectivity index (χ0) is 25.3. The van der Waals surface area contributed by atoms with E-state index in [9.17, 15) is 22.0 Å². The molecule has 0 atom stereocenters. The maximum absolute atomic E-state index is 13.0. The van der Waals surface area contributed by atoms with Gasteiger partial charge in [0.2, 0.25) is 15.9 Å². The van der Waals surface area contributed by atoms with Crippen LogP contribution in [0.4, 0.5) is 20.2 Å². The molecule has 0 spiro atoms. The van der Waals surface area contributed by atoms with Gasteiger partial charge in [0, 0.05) is 28.9 Å². The van der Waals surface area contributed by atoms with Crippen molar-refractivity contribution in [3.63, 3.8) is 0 Å². The minimum atomic E-state index is -3.57. The molecule has 2 heterocycles. The molecular weight excluding hydrogens is 527 g/mol. The van der Waals surface area contributed by atoms with E-state index in [1.54, 1.807) is 0 Å². The summed E-state index contributed by atoms with van der Waals surface area (Å²) >= 11 is 12.1. The number of aromatic nitrogens is 1. The highest BCUT2D eigenvalue weighted by Gasteiger charge is 2.21. The minimum Gasteiger partial charge on any atom is -0.452 e. The zero-order valence-electron chi connectivity index (χ0n) is 17.9. The smallest absolute Gasteiger partial charge is 0.387 e. The molecule has 4 rings (SSSR count). The lowest BCUT2D eigenvalue weighted by Crippen LogP contribution is -2.15. The van der Waals surface area contributed by atoms with Crippen molar-refractivity contribution in [3.05, 3.63) is 58.3 Å². The fraction of sp³-hybridized carbons (Fsp3) is 0.182. The summed E-state index contributed by atoms with van der Waals surface area (Å²) in [7, 11) is -3.57. The molecule has 0 bridgehead atoms. The van der Waals surface area contributed by atoms with E-state index in [0.29, 0.717) is 16.3 Å². The molecule has 0 saturated carbocycles. The number of pyridine rings is 1. The number of furan rings is 1. The number of fused-ring (bicyclic) bond motifs is 3. The molecular formula is C22H17Cl2F2N3O5S. The second-order valence-corrected chi connectivity index (χ2v) is 10.2. The van der Waals surface area contributed by atoms with Crippen molar-refractivity contribution in [2.75, 3.05) is 15.8 Å². The van der Waals surface area contributed by atoms with Crippen LogP contribution < -0.4 is 14.8 Å². The first-order valence-electron chi connectivity index (χ1n) is 10.1. The van der Waals surface area contributed by atoms with Gasteiger partial charge in [-0.05, 0) is 36.8 Å². The van der Waals surface area contributed by atoms with E-state index in [2.05, 4.69) is 19.8 Å². The number of ether oxygens (including phenoxy) is 1. The molecule has 0 radical (unpaired) electrons. The molecule has 1 amide bonds. The van der Waals surface area contributed by atoms with E-state index in [-0.39, 0.29) is 50.5 Å². The Balaban J connectivity index is 1.80. The van der Waals surface area contributed by atoms with E-state index in [1.807, 2.05) is 0 Å². The Morgan fingerprint density at radius 1 is 1.17 bits per heavy atom. The summed E-state index contributed by atoms with van der Waals surface area (Å²) in [5.41, 5.74) is 1.10. The van der Waals surface area contributed by atoms with Crippen molar-refractivity contribution in [2.45, 2.75) is 20.0 Å². The van der Waals surface area contributed by atoms with Gasteiger partial charge in [0.05, 0.1) is 27.9 Å². The highest BCUT2D eigenvalue weighted by atomic mass is 35.5. The fourth-order valence-corrected chi connectivity index (χ4v) is 4.55. The molecule has 0 saturated heterocycles. The molecule has 0 aliphatic carbocycles. The van der Waals surface area contributed by atoms with Gasteiger partial charge < -0.3 is 14.5 Å². The summed E-state index contributed by atoms with van der Waals surface area (Å²) in [4.78, 5) is 16.6. The van der Waals surface area contributed by atoms with Gasteiger partial charge in [0.25, 0.3) is 0 Å². The maximum atomic E-state index is 13.0. The first kappa shape index (κ1) is 25.0. The van der Waals surface area contributed by atoms with E-state index < -0.39 is 22.5 Å². The summed E-state index contributed by atoms with van der Waals surface area (Å²) in [5, 5.41) is 3.61. The third-order valence-corrected chi connectivity index (χ3v) is 6.89. The summed E-state index contributed by atoms with van der Waals surface area (Å²) in [5.74, 6) is -0.873. The van der Waals surface area contributed by atoms with Crippen molar-refractivity contribution >= 4 is 72.4 Å². The highest BCUT2D eigenvalue weighted by molar-refractivity contribution is 7.92. The quantitative estimate of drug-likeness (QED) is 0.289. The number of halogens is 4. The van der Waals surface area contributed by atoms with Gasteiger partial charge in [-0.3, -0.25) is 14.5 Å². The average molecular weight is 544 g/mol. The molecule has 2 aromatic carbocycles. The molecule has 2 N–H and O–H groups in total. The predicted octanol–water partition coefficient (Wildman–Crippen LogP) is 5.83. The third-order valence-electron chi connectivity index (χ3n) is 5.01. The van der Waals surface area contributed by atoms with Crippen LogP contribution in [-0.2, 0) is 21.2 Å². The summed E-state index contributed by atoms with van der Waals surface area (Å²) in [6, 6.07) is 7.19. The molecule has 13 heteroatoms. The number of rotatable bonds is 8. The van der Waals surface area contributed by atoms with Gasteiger partial charge in [-0.2, -0.15) is 8.78 Å². The molecule has 4 aromatic rings. The predicted molar refractivity (Wildman–Crippen MR) is 130 cm³/mol. The topological polar surface area (TPSA) is 111 Å². The zero-order valence-corrected chi connectivity index (χ0v) is 20.3. The molecule has 2 aromatic heterocycles. The minimum absolute atomic E-state index is 0.0129. The molecule has 8 nitrogen and oxygen atoms in total. The maximum Gasteiger partial charge on any atom is 0.387 e. The summed E-state index contributed by atoms with van der Waals surface area (Å²) < 4.78 is 62.8. The van der Waals surface area contributed by atoms with E-state index in [4.69, 9.17) is 27.6 Å². The number of anilines is 2. The lowest BCUT2D eigenvalue weighted by Gasteiger charge is -2.11. The molecule has 0 unspecified atom stereocenters. The number of nitrogens with zero attached hydrogens (tertiary/aromatic N) is 1. The Morgan fingerprint density at radius 2 is 1.89 bits per heavy atom. The Morgan fingerprint density at radius 3 is 2.54 bits per heavy atom. The number of nitrogens with one attached hydrogen (secondary N) is 2. The van der Waals surface area contributed by atoms with Gasteiger partial charge in [0.1, 0.15) is 5.58 Å². The molecule has 0 aliphatic heterocycles. The SMILES string of the molecule is CCS(=O)(=O)Nc1ccc2oc3c(OC(F)F)ccc(CC(=O)Nc4c(Cl)cncc4Cl)c3c2c1. The van der Waals surface area contributed by atoms with E-state index in [1.165, 1.54) is 49.6 Å². The fourth-order valence-electron chi connectivity index (χ4n) is 3.46. The Kier molecular flexibility index (Phi) is 7.02. The summed E-state index contributed by atoms with van der Waals surface area (Å²) in [6.45, 7) is -1.62. The number of benzene rings is 2. The second-order valence-electron chi connectivity index (χ2n) is 7.33. The number of sulfonamides is 1. The standard InChI is InChI=1S/C22H17Cl2F2N3O5S/c1-2-35(31,32)29-12-4-6-16-13(8-12)19-11(3-5-17(21(19)33-16)34-22(25)26)7-18(30)28-20-14(23)9-27-10-15(20)24/h3-6,8-10,22,29H,2,7H2,1H3,(H,27,28,30). The van der Waals surface area contributed by atoms with Crippen LogP contribution in [0.1, 0.15) is 12.5 Å². The van der Waals surface area contributed by atoms with Gasteiger partial charge in [-0.25, -0.2) is 8.42 Å².